The number of nitrogens with one attached hydrogen (secondary N) is 1. The third kappa shape index (κ3) is 9.37. The largest absolute Gasteiger partial charge is 0.388 e. The molecule has 9 heteroatoms. The first-order chi connectivity index (χ1) is 18.6. The Bertz CT molecular complexity index is 1100. The van der Waals surface area contributed by atoms with E-state index < -0.39 is 35.8 Å². The van der Waals surface area contributed by atoms with Gasteiger partial charge >= 0.3 is 0 Å². The summed E-state index contributed by atoms with van der Waals surface area (Å²) in [5.74, 6) is -1.88. The van der Waals surface area contributed by atoms with Crippen molar-refractivity contribution in [3.8, 4) is 0 Å². The number of rotatable bonds is 15. The zero-order chi connectivity index (χ0) is 28.5. The molecule has 39 heavy (non-hydrogen) atoms. The number of aliphatic hydroxyl groups is 2. The monoisotopic (exact) mass is 546 g/mol. The second-order valence-corrected chi connectivity index (χ2v) is 10.5. The number of hydrogen-bond acceptors (Lipinski definition) is 5. The molecule has 0 aromatic heterocycles. The van der Waals surface area contributed by atoms with Gasteiger partial charge in [0.05, 0.1) is 12.6 Å². The molecular formula is C30H40F2N2O5. The molecule has 1 saturated carbocycles. The van der Waals surface area contributed by atoms with Crippen molar-refractivity contribution in [1.29, 1.82) is 0 Å². The Hall–Kier alpha value is -2.88. The number of nitrogens with zero attached hydrogens (tertiary/aromatic N) is 1. The molecule has 2 aromatic carbocycles. The Kier molecular flexibility index (Phi) is 11.4. The van der Waals surface area contributed by atoms with E-state index in [1.54, 1.807) is 24.0 Å². The lowest BCUT2D eigenvalue weighted by Gasteiger charge is -2.28. The van der Waals surface area contributed by atoms with E-state index in [4.69, 9.17) is 4.74 Å². The summed E-state index contributed by atoms with van der Waals surface area (Å²) in [6.07, 6.45) is 0.791. The van der Waals surface area contributed by atoms with Crippen LogP contribution in [0.1, 0.15) is 71.4 Å². The van der Waals surface area contributed by atoms with E-state index in [1.165, 1.54) is 6.07 Å². The van der Waals surface area contributed by atoms with Gasteiger partial charge in [-0.1, -0.05) is 13.8 Å². The van der Waals surface area contributed by atoms with Crippen LogP contribution in [0.15, 0.2) is 36.4 Å². The van der Waals surface area contributed by atoms with Crippen molar-refractivity contribution < 1.29 is 33.3 Å². The maximum Gasteiger partial charge on any atom is 0.253 e. The molecule has 2 amide bonds. The SMILES string of the molecule is CCCN(CCC)C(=O)c1cc(C)cc(C(=O)N[C@@H](Cc2cc(F)cc(F)c2)[C@@H](O)C(O)COCC2CC2)c1. The molecular weight excluding hydrogens is 506 g/mol. The fourth-order valence-electron chi connectivity index (χ4n) is 4.57. The van der Waals surface area contributed by atoms with Crippen molar-refractivity contribution in [2.75, 3.05) is 26.3 Å². The third-order valence-corrected chi connectivity index (χ3v) is 6.70. The highest BCUT2D eigenvalue weighted by Gasteiger charge is 2.30. The van der Waals surface area contributed by atoms with Gasteiger partial charge < -0.3 is 25.2 Å². The zero-order valence-electron chi connectivity index (χ0n) is 23.0. The minimum atomic E-state index is -1.48. The van der Waals surface area contributed by atoms with Crippen LogP contribution in [0.3, 0.4) is 0 Å². The molecule has 1 fully saturated rings. The van der Waals surface area contributed by atoms with Crippen LogP contribution >= 0.6 is 0 Å². The highest BCUT2D eigenvalue weighted by Crippen LogP contribution is 2.29. The molecule has 0 bridgehead atoms. The average Bonchev–Trinajstić information content (AvgIpc) is 3.70. The summed E-state index contributed by atoms with van der Waals surface area (Å²) in [6, 6.07) is 6.73. The Morgan fingerprint density at radius 2 is 1.62 bits per heavy atom. The smallest absolute Gasteiger partial charge is 0.253 e. The van der Waals surface area contributed by atoms with Gasteiger partial charge in [-0.15, -0.1) is 0 Å². The molecule has 3 atom stereocenters. The van der Waals surface area contributed by atoms with E-state index in [0.717, 1.165) is 43.9 Å². The number of aliphatic hydroxyl groups excluding tert-OH is 2. The second-order valence-electron chi connectivity index (χ2n) is 10.5. The summed E-state index contributed by atoms with van der Waals surface area (Å²) in [6.45, 7) is 7.29. The van der Waals surface area contributed by atoms with Crippen molar-refractivity contribution in [3.05, 3.63) is 70.3 Å². The van der Waals surface area contributed by atoms with Crippen molar-refractivity contribution in [3.63, 3.8) is 0 Å². The third-order valence-electron chi connectivity index (χ3n) is 6.70. The fourth-order valence-corrected chi connectivity index (χ4v) is 4.57. The van der Waals surface area contributed by atoms with Crippen LogP contribution in [0.5, 0.6) is 0 Å². The van der Waals surface area contributed by atoms with Gasteiger partial charge in [0.15, 0.2) is 0 Å². The minimum Gasteiger partial charge on any atom is -0.388 e. The van der Waals surface area contributed by atoms with E-state index >= 15 is 0 Å². The Labute approximate surface area is 229 Å². The van der Waals surface area contributed by atoms with Crippen LogP contribution in [0.2, 0.25) is 0 Å². The Morgan fingerprint density at radius 1 is 1.00 bits per heavy atom. The van der Waals surface area contributed by atoms with Crippen LogP contribution < -0.4 is 5.32 Å². The standard InChI is InChI=1S/C30H40F2N2O5/c1-4-8-34(9-5-2)30(38)23-11-19(3)10-22(15-23)29(37)33-26(14-21-12-24(31)16-25(32)13-21)28(36)27(35)18-39-17-20-6-7-20/h10-13,15-16,20,26-28,35-36H,4-9,14,17-18H2,1-3H3,(H,33,37)/t26-,27?,28+/m0/s1. The molecule has 3 N–H and O–H groups in total. The summed E-state index contributed by atoms with van der Waals surface area (Å²) in [5.41, 5.74) is 1.49. The number of aryl methyl sites for hydroxylation is 1. The minimum absolute atomic E-state index is 0.139. The van der Waals surface area contributed by atoms with Gasteiger partial charge in [0.2, 0.25) is 0 Å². The van der Waals surface area contributed by atoms with Gasteiger partial charge in [-0.3, -0.25) is 9.59 Å². The number of ether oxygens (including phenoxy) is 1. The van der Waals surface area contributed by atoms with Crippen LogP contribution in [0, 0.1) is 24.5 Å². The van der Waals surface area contributed by atoms with Gasteiger partial charge in [0.25, 0.3) is 11.8 Å². The highest BCUT2D eigenvalue weighted by molar-refractivity contribution is 6.00. The summed E-state index contributed by atoms with van der Waals surface area (Å²) >= 11 is 0. The van der Waals surface area contributed by atoms with Gasteiger partial charge in [-0.2, -0.15) is 0 Å². The van der Waals surface area contributed by atoms with Crippen LogP contribution in [-0.2, 0) is 11.2 Å². The van der Waals surface area contributed by atoms with Crippen molar-refractivity contribution in [2.45, 2.75) is 71.1 Å². The molecule has 0 radical (unpaired) electrons. The van der Waals surface area contributed by atoms with Crippen molar-refractivity contribution >= 4 is 11.8 Å². The quantitative estimate of drug-likeness (QED) is 0.313. The van der Waals surface area contributed by atoms with Crippen LogP contribution in [-0.4, -0.2) is 71.5 Å². The van der Waals surface area contributed by atoms with E-state index in [0.29, 0.717) is 36.7 Å². The maximum absolute atomic E-state index is 13.9. The summed E-state index contributed by atoms with van der Waals surface area (Å²) in [4.78, 5) is 28.3. The van der Waals surface area contributed by atoms with Gasteiger partial charge in [-0.25, -0.2) is 8.78 Å². The van der Waals surface area contributed by atoms with Crippen LogP contribution in [0.25, 0.3) is 0 Å². The molecule has 2 aromatic rings. The van der Waals surface area contributed by atoms with Crippen molar-refractivity contribution in [1.82, 2.24) is 10.2 Å². The Balaban J connectivity index is 1.81. The first-order valence-corrected chi connectivity index (χ1v) is 13.7. The number of hydrogen-bond donors (Lipinski definition) is 3. The van der Waals surface area contributed by atoms with Gasteiger partial charge in [0, 0.05) is 36.9 Å². The molecule has 1 unspecified atom stereocenters. The van der Waals surface area contributed by atoms with Gasteiger partial charge in [0.1, 0.15) is 23.8 Å². The lowest BCUT2D eigenvalue weighted by atomic mass is 9.96. The molecule has 214 valence electrons. The number of carbonyl (C=O) groups is 2. The molecule has 3 rings (SSSR count). The first-order valence-electron chi connectivity index (χ1n) is 13.7. The molecule has 1 aliphatic rings. The highest BCUT2D eigenvalue weighted by atomic mass is 19.1. The predicted molar refractivity (Wildman–Crippen MR) is 145 cm³/mol. The average molecular weight is 547 g/mol. The second kappa shape index (κ2) is 14.5. The number of amides is 2. The number of carbonyl (C=O) groups excluding carboxylic acids is 2. The molecule has 7 nitrogen and oxygen atoms in total. The lowest BCUT2D eigenvalue weighted by molar-refractivity contribution is -0.0522. The number of halogens is 2. The number of benzene rings is 2. The molecule has 0 spiro atoms. The predicted octanol–water partition coefficient (Wildman–Crippen LogP) is 4.02. The molecule has 0 saturated heterocycles. The lowest BCUT2D eigenvalue weighted by Crippen LogP contribution is -2.51. The molecule has 0 aliphatic heterocycles. The fraction of sp³-hybridized carbons (Fsp3) is 0.533. The summed E-state index contributed by atoms with van der Waals surface area (Å²) < 4.78 is 33.2. The summed E-state index contributed by atoms with van der Waals surface area (Å²) in [7, 11) is 0. The van der Waals surface area contributed by atoms with Crippen molar-refractivity contribution in [2.24, 2.45) is 5.92 Å². The van der Waals surface area contributed by atoms with E-state index in [1.807, 2.05) is 13.8 Å². The first kappa shape index (κ1) is 30.7. The normalized spacial score (nSPS) is 15.5. The topological polar surface area (TPSA) is 99.1 Å². The summed E-state index contributed by atoms with van der Waals surface area (Å²) in [5, 5.41) is 24.3. The van der Waals surface area contributed by atoms with Gasteiger partial charge in [-0.05, 0) is 86.4 Å². The van der Waals surface area contributed by atoms with E-state index in [-0.39, 0.29) is 30.1 Å². The molecule has 1 aliphatic carbocycles. The maximum atomic E-state index is 13.9. The van der Waals surface area contributed by atoms with E-state index in [9.17, 15) is 28.6 Å². The zero-order valence-corrected chi connectivity index (χ0v) is 23.0. The molecule has 0 heterocycles. The Morgan fingerprint density at radius 3 is 2.21 bits per heavy atom. The van der Waals surface area contributed by atoms with E-state index in [2.05, 4.69) is 5.32 Å². The van der Waals surface area contributed by atoms with Crippen LogP contribution in [0.4, 0.5) is 8.78 Å².